The molecule has 1 aliphatic carbocycles. The minimum atomic E-state index is 0.376. The molecule has 1 fully saturated rings. The average molecular weight is 291 g/mol. The summed E-state index contributed by atoms with van der Waals surface area (Å²) in [5.74, 6) is 2.81. The van der Waals surface area contributed by atoms with E-state index in [-0.39, 0.29) is 0 Å². The van der Waals surface area contributed by atoms with Crippen molar-refractivity contribution >= 4 is 0 Å². The largest absolute Gasteiger partial charge is 0.497 e. The minimum Gasteiger partial charge on any atom is -0.497 e. The van der Waals surface area contributed by atoms with Crippen LogP contribution in [0.25, 0.3) is 0 Å². The van der Waals surface area contributed by atoms with Crippen LogP contribution >= 0.6 is 0 Å². The summed E-state index contributed by atoms with van der Waals surface area (Å²) in [7, 11) is 1.71. The van der Waals surface area contributed by atoms with E-state index in [1.165, 1.54) is 37.7 Å². The Labute approximate surface area is 129 Å². The molecule has 1 aromatic rings. The monoisotopic (exact) mass is 291 g/mol. The van der Waals surface area contributed by atoms with Crippen molar-refractivity contribution in [3.8, 4) is 11.5 Å². The summed E-state index contributed by atoms with van der Waals surface area (Å²) in [6.45, 7) is 6.20. The highest BCUT2D eigenvalue weighted by Gasteiger charge is 2.22. The zero-order valence-electron chi connectivity index (χ0n) is 13.7. The molecule has 0 radical (unpaired) electrons. The molecule has 1 saturated carbocycles. The van der Waals surface area contributed by atoms with Gasteiger partial charge in [-0.15, -0.1) is 0 Å². The van der Waals surface area contributed by atoms with E-state index < -0.39 is 0 Å². The van der Waals surface area contributed by atoms with Crippen molar-refractivity contribution in [1.29, 1.82) is 0 Å². The fourth-order valence-corrected chi connectivity index (χ4v) is 3.03. The summed E-state index contributed by atoms with van der Waals surface area (Å²) in [6, 6.07) is 6.12. The fourth-order valence-electron chi connectivity index (χ4n) is 3.03. The molecule has 0 bridgehead atoms. The topological polar surface area (TPSA) is 30.5 Å². The van der Waals surface area contributed by atoms with Gasteiger partial charge in [-0.05, 0) is 56.3 Å². The molecular formula is C18H29NO2. The Kier molecular flexibility index (Phi) is 6.37. The van der Waals surface area contributed by atoms with Crippen LogP contribution in [0.4, 0.5) is 0 Å². The van der Waals surface area contributed by atoms with Crippen LogP contribution in [-0.4, -0.2) is 19.8 Å². The SMILES string of the molecule is CCNCc1cc(OC)ccc1OC1CCC(CC)CC1. The Morgan fingerprint density at radius 1 is 1.14 bits per heavy atom. The Bertz CT molecular complexity index is 425. The molecule has 0 atom stereocenters. The lowest BCUT2D eigenvalue weighted by Gasteiger charge is -2.29. The summed E-state index contributed by atoms with van der Waals surface area (Å²) in [6.07, 6.45) is 6.67. The van der Waals surface area contributed by atoms with Crippen molar-refractivity contribution in [3.63, 3.8) is 0 Å². The number of benzene rings is 1. The van der Waals surface area contributed by atoms with Crippen molar-refractivity contribution in [2.45, 2.75) is 58.6 Å². The molecule has 0 amide bonds. The lowest BCUT2D eigenvalue weighted by molar-refractivity contribution is 0.128. The van der Waals surface area contributed by atoms with Crippen molar-refractivity contribution in [1.82, 2.24) is 5.32 Å². The second-order valence-electron chi connectivity index (χ2n) is 5.92. The molecule has 0 spiro atoms. The van der Waals surface area contributed by atoms with Gasteiger partial charge in [0, 0.05) is 12.1 Å². The Morgan fingerprint density at radius 3 is 2.52 bits per heavy atom. The maximum atomic E-state index is 6.28. The molecule has 2 rings (SSSR count). The first-order valence-corrected chi connectivity index (χ1v) is 8.31. The quantitative estimate of drug-likeness (QED) is 0.818. The molecule has 21 heavy (non-hydrogen) atoms. The molecule has 1 aliphatic rings. The van der Waals surface area contributed by atoms with Crippen LogP contribution in [0.1, 0.15) is 51.5 Å². The average Bonchev–Trinajstić information content (AvgIpc) is 2.54. The van der Waals surface area contributed by atoms with E-state index >= 15 is 0 Å². The summed E-state index contributed by atoms with van der Waals surface area (Å²) >= 11 is 0. The van der Waals surface area contributed by atoms with Gasteiger partial charge < -0.3 is 14.8 Å². The molecular weight excluding hydrogens is 262 g/mol. The second kappa shape index (κ2) is 8.28. The molecule has 0 aliphatic heterocycles. The summed E-state index contributed by atoms with van der Waals surface area (Å²) in [5.41, 5.74) is 1.19. The van der Waals surface area contributed by atoms with Gasteiger partial charge in [-0.1, -0.05) is 20.3 Å². The third kappa shape index (κ3) is 4.63. The van der Waals surface area contributed by atoms with E-state index in [0.717, 1.165) is 30.5 Å². The van der Waals surface area contributed by atoms with Gasteiger partial charge in [0.2, 0.25) is 0 Å². The van der Waals surface area contributed by atoms with Crippen LogP contribution in [0, 0.1) is 5.92 Å². The van der Waals surface area contributed by atoms with Gasteiger partial charge in [0.1, 0.15) is 11.5 Å². The highest BCUT2D eigenvalue weighted by atomic mass is 16.5. The van der Waals surface area contributed by atoms with Crippen molar-refractivity contribution in [2.24, 2.45) is 5.92 Å². The standard InChI is InChI=1S/C18H29NO2/c1-4-14-6-8-16(9-7-14)21-18-11-10-17(20-3)12-15(18)13-19-5-2/h10-12,14,16,19H,4-9,13H2,1-3H3. The van der Waals surface area contributed by atoms with E-state index in [4.69, 9.17) is 9.47 Å². The first-order chi connectivity index (χ1) is 10.3. The summed E-state index contributed by atoms with van der Waals surface area (Å²) in [5, 5.41) is 3.37. The lowest BCUT2D eigenvalue weighted by atomic mass is 9.86. The maximum Gasteiger partial charge on any atom is 0.124 e. The predicted octanol–water partition coefficient (Wildman–Crippen LogP) is 4.15. The molecule has 118 valence electrons. The number of rotatable bonds is 7. The number of ether oxygens (including phenoxy) is 2. The van der Waals surface area contributed by atoms with Crippen LogP contribution in [0.3, 0.4) is 0 Å². The van der Waals surface area contributed by atoms with Gasteiger partial charge in [-0.3, -0.25) is 0 Å². The first-order valence-electron chi connectivity index (χ1n) is 8.31. The normalized spacial score (nSPS) is 22.0. The van der Waals surface area contributed by atoms with E-state index in [0.29, 0.717) is 6.10 Å². The van der Waals surface area contributed by atoms with E-state index in [2.05, 4.69) is 31.3 Å². The van der Waals surface area contributed by atoms with Crippen molar-refractivity contribution < 1.29 is 9.47 Å². The molecule has 1 aromatic carbocycles. The Balaban J connectivity index is 2.01. The zero-order valence-corrected chi connectivity index (χ0v) is 13.7. The highest BCUT2D eigenvalue weighted by Crippen LogP contribution is 2.31. The van der Waals surface area contributed by atoms with Gasteiger partial charge in [0.15, 0.2) is 0 Å². The van der Waals surface area contributed by atoms with Gasteiger partial charge in [0.05, 0.1) is 13.2 Å². The van der Waals surface area contributed by atoms with Crippen LogP contribution < -0.4 is 14.8 Å². The predicted molar refractivity (Wildman–Crippen MR) is 87.0 cm³/mol. The van der Waals surface area contributed by atoms with Gasteiger partial charge in [-0.25, -0.2) is 0 Å². The van der Waals surface area contributed by atoms with Gasteiger partial charge >= 0.3 is 0 Å². The molecule has 3 heteroatoms. The Hall–Kier alpha value is -1.22. The molecule has 3 nitrogen and oxygen atoms in total. The van der Waals surface area contributed by atoms with Gasteiger partial charge in [0.25, 0.3) is 0 Å². The number of hydrogen-bond acceptors (Lipinski definition) is 3. The molecule has 0 aromatic heterocycles. The number of nitrogens with one attached hydrogen (secondary N) is 1. The van der Waals surface area contributed by atoms with Crippen LogP contribution in [-0.2, 0) is 6.54 Å². The Morgan fingerprint density at radius 2 is 1.90 bits per heavy atom. The van der Waals surface area contributed by atoms with Crippen LogP contribution in [0.2, 0.25) is 0 Å². The third-order valence-electron chi connectivity index (χ3n) is 4.50. The fraction of sp³-hybridized carbons (Fsp3) is 0.667. The smallest absolute Gasteiger partial charge is 0.124 e. The zero-order chi connectivity index (χ0) is 15.1. The van der Waals surface area contributed by atoms with Crippen molar-refractivity contribution in [2.75, 3.05) is 13.7 Å². The molecule has 0 saturated heterocycles. The van der Waals surface area contributed by atoms with Crippen molar-refractivity contribution in [3.05, 3.63) is 23.8 Å². The maximum absolute atomic E-state index is 6.28. The highest BCUT2D eigenvalue weighted by molar-refractivity contribution is 5.40. The van der Waals surface area contributed by atoms with E-state index in [1.54, 1.807) is 7.11 Å². The van der Waals surface area contributed by atoms with Crippen LogP contribution in [0.5, 0.6) is 11.5 Å². The summed E-state index contributed by atoms with van der Waals surface area (Å²) in [4.78, 5) is 0. The lowest BCUT2D eigenvalue weighted by Crippen LogP contribution is -2.24. The molecule has 0 unspecified atom stereocenters. The second-order valence-corrected chi connectivity index (χ2v) is 5.92. The molecule has 1 N–H and O–H groups in total. The molecule has 0 heterocycles. The number of hydrogen-bond donors (Lipinski definition) is 1. The van der Waals surface area contributed by atoms with Gasteiger partial charge in [-0.2, -0.15) is 0 Å². The summed E-state index contributed by atoms with van der Waals surface area (Å²) < 4.78 is 11.6. The minimum absolute atomic E-state index is 0.376. The van der Waals surface area contributed by atoms with E-state index in [1.807, 2.05) is 6.07 Å². The first kappa shape index (κ1) is 16.2. The van der Waals surface area contributed by atoms with E-state index in [9.17, 15) is 0 Å². The third-order valence-corrected chi connectivity index (χ3v) is 4.50. The number of methoxy groups -OCH3 is 1. The van der Waals surface area contributed by atoms with Crippen LogP contribution in [0.15, 0.2) is 18.2 Å².